The second-order valence-corrected chi connectivity index (χ2v) is 4.50. The van der Waals surface area contributed by atoms with Gasteiger partial charge in [0, 0.05) is 18.7 Å². The first-order valence-corrected chi connectivity index (χ1v) is 6.42. The average molecular weight is 255 g/mol. The minimum absolute atomic E-state index is 0.251. The highest BCUT2D eigenvalue weighted by Gasteiger charge is 2.04. The van der Waals surface area contributed by atoms with E-state index in [1.807, 2.05) is 12.1 Å². The lowest BCUT2D eigenvalue weighted by molar-refractivity contribution is -0.118. The van der Waals surface area contributed by atoms with Crippen LogP contribution < -0.4 is 4.74 Å². The van der Waals surface area contributed by atoms with E-state index in [0.717, 1.165) is 18.6 Å². The summed E-state index contributed by atoms with van der Waals surface area (Å²) in [5.74, 6) is 1.55. The number of carbonyl (C=O) groups excluding carboxylic acids is 1. The van der Waals surface area contributed by atoms with Gasteiger partial charge in [-0.3, -0.25) is 4.79 Å². The lowest BCUT2D eigenvalue weighted by Gasteiger charge is -2.08. The summed E-state index contributed by atoms with van der Waals surface area (Å²) in [5.41, 5.74) is 2.50. The Kier molecular flexibility index (Phi) is 6.06. The van der Waals surface area contributed by atoms with Crippen molar-refractivity contribution in [1.29, 1.82) is 0 Å². The van der Waals surface area contributed by atoms with Crippen LogP contribution in [0.25, 0.3) is 0 Å². The summed E-state index contributed by atoms with van der Waals surface area (Å²) in [6.07, 6.45) is 2.89. The number of halogens is 1. The van der Waals surface area contributed by atoms with Crippen molar-refractivity contribution < 1.29 is 9.53 Å². The Bertz CT molecular complexity index is 374. The van der Waals surface area contributed by atoms with Crippen LogP contribution >= 0.6 is 11.6 Å². The zero-order chi connectivity index (χ0) is 12.7. The molecule has 0 saturated carbocycles. The predicted octanol–water partition coefficient (Wildman–Crippen LogP) is 3.52. The zero-order valence-electron chi connectivity index (χ0n) is 10.5. The molecule has 0 N–H and O–H groups in total. The maximum Gasteiger partial charge on any atom is 0.134 e. The van der Waals surface area contributed by atoms with Gasteiger partial charge < -0.3 is 4.74 Å². The van der Waals surface area contributed by atoms with Gasteiger partial charge in [-0.15, -0.1) is 11.6 Å². The normalized spacial score (nSPS) is 10.3. The zero-order valence-corrected chi connectivity index (χ0v) is 11.2. The van der Waals surface area contributed by atoms with E-state index in [1.165, 1.54) is 11.1 Å². The fourth-order valence-corrected chi connectivity index (χ4v) is 1.96. The van der Waals surface area contributed by atoms with Gasteiger partial charge in [0.1, 0.15) is 11.5 Å². The first-order chi connectivity index (χ1) is 8.17. The molecule has 0 saturated heterocycles. The summed E-state index contributed by atoms with van der Waals surface area (Å²) in [5, 5.41) is 0. The van der Waals surface area contributed by atoms with E-state index in [-0.39, 0.29) is 5.78 Å². The van der Waals surface area contributed by atoms with Crippen LogP contribution in [0.4, 0.5) is 0 Å². The summed E-state index contributed by atoms with van der Waals surface area (Å²) in [7, 11) is 1.67. The Balaban J connectivity index is 2.48. The molecule has 1 aromatic rings. The minimum atomic E-state index is 0.251. The molecule has 0 unspecified atom stereocenters. The maximum atomic E-state index is 11.3. The van der Waals surface area contributed by atoms with Gasteiger partial charge in [-0.1, -0.05) is 6.07 Å². The summed E-state index contributed by atoms with van der Waals surface area (Å²) in [6.45, 7) is 2.08. The van der Waals surface area contributed by atoms with Crippen molar-refractivity contribution in [3.8, 4) is 5.75 Å². The molecule has 1 rings (SSSR count). The monoisotopic (exact) mass is 254 g/mol. The molecular weight excluding hydrogens is 236 g/mol. The van der Waals surface area contributed by atoms with Gasteiger partial charge in [0.15, 0.2) is 0 Å². The molecule has 0 heterocycles. The number of carbonyl (C=O) groups is 1. The third kappa shape index (κ3) is 4.78. The number of ether oxygens (including phenoxy) is 1. The molecule has 3 heteroatoms. The van der Waals surface area contributed by atoms with Crippen molar-refractivity contribution in [1.82, 2.24) is 0 Å². The first kappa shape index (κ1) is 14.0. The number of methoxy groups -OCH3 is 1. The van der Waals surface area contributed by atoms with Crippen molar-refractivity contribution in [2.24, 2.45) is 0 Å². The fourth-order valence-electron chi connectivity index (χ4n) is 1.75. The Labute approximate surface area is 108 Å². The van der Waals surface area contributed by atoms with E-state index in [4.69, 9.17) is 16.3 Å². The largest absolute Gasteiger partial charge is 0.497 e. The highest BCUT2D eigenvalue weighted by atomic mass is 35.5. The number of benzene rings is 1. The molecule has 2 nitrogen and oxygen atoms in total. The standard InChI is InChI=1S/C14H19ClO2/c1-11-6-7-14(17-2)10-12(11)4-3-5-13(16)8-9-15/h6-7,10H,3-5,8-9H2,1-2H3. The van der Waals surface area contributed by atoms with E-state index in [0.29, 0.717) is 18.7 Å². The molecule has 1 aromatic carbocycles. The highest BCUT2D eigenvalue weighted by Crippen LogP contribution is 2.19. The van der Waals surface area contributed by atoms with E-state index >= 15 is 0 Å². The molecule has 0 radical (unpaired) electrons. The number of aryl methyl sites for hydroxylation is 2. The molecule has 0 atom stereocenters. The minimum Gasteiger partial charge on any atom is -0.497 e. The van der Waals surface area contributed by atoms with E-state index in [1.54, 1.807) is 7.11 Å². The molecule has 94 valence electrons. The van der Waals surface area contributed by atoms with Crippen molar-refractivity contribution in [2.75, 3.05) is 13.0 Å². The molecule has 0 spiro atoms. The maximum absolute atomic E-state index is 11.3. The van der Waals surface area contributed by atoms with Gasteiger partial charge in [0.25, 0.3) is 0 Å². The average Bonchev–Trinajstić information content (AvgIpc) is 2.32. The van der Waals surface area contributed by atoms with Crippen molar-refractivity contribution in [2.45, 2.75) is 32.6 Å². The Hall–Kier alpha value is -1.02. The molecule has 0 aliphatic carbocycles. The first-order valence-electron chi connectivity index (χ1n) is 5.88. The molecule has 0 aliphatic heterocycles. The van der Waals surface area contributed by atoms with Crippen molar-refractivity contribution >= 4 is 17.4 Å². The van der Waals surface area contributed by atoms with Gasteiger partial charge in [-0.05, 0) is 43.0 Å². The second-order valence-electron chi connectivity index (χ2n) is 4.12. The van der Waals surface area contributed by atoms with E-state index in [9.17, 15) is 4.79 Å². The van der Waals surface area contributed by atoms with E-state index in [2.05, 4.69) is 13.0 Å². The third-order valence-corrected chi connectivity index (χ3v) is 3.02. The quantitative estimate of drug-likeness (QED) is 0.696. The number of alkyl halides is 1. The lowest BCUT2D eigenvalue weighted by atomic mass is 10.0. The van der Waals surface area contributed by atoms with Crippen LogP contribution in [0.5, 0.6) is 5.75 Å². The van der Waals surface area contributed by atoms with Crippen molar-refractivity contribution in [3.63, 3.8) is 0 Å². The molecule has 0 amide bonds. The summed E-state index contributed by atoms with van der Waals surface area (Å²) in [6, 6.07) is 6.05. The summed E-state index contributed by atoms with van der Waals surface area (Å²) < 4.78 is 5.19. The summed E-state index contributed by atoms with van der Waals surface area (Å²) >= 11 is 5.52. The third-order valence-electron chi connectivity index (χ3n) is 2.83. The van der Waals surface area contributed by atoms with E-state index < -0.39 is 0 Å². The smallest absolute Gasteiger partial charge is 0.134 e. The molecule has 0 fully saturated rings. The van der Waals surface area contributed by atoms with Gasteiger partial charge in [0.05, 0.1) is 7.11 Å². The van der Waals surface area contributed by atoms with Crippen LogP contribution in [0.2, 0.25) is 0 Å². The van der Waals surface area contributed by atoms with Crippen LogP contribution in [-0.4, -0.2) is 18.8 Å². The Morgan fingerprint density at radius 1 is 1.35 bits per heavy atom. The van der Waals surface area contributed by atoms with Crippen LogP contribution in [0, 0.1) is 6.92 Å². The lowest BCUT2D eigenvalue weighted by Crippen LogP contribution is -2.00. The number of Topliss-reactive ketones (excluding diaryl/α,β-unsaturated/α-hetero) is 1. The van der Waals surface area contributed by atoms with Crippen LogP contribution in [0.1, 0.15) is 30.4 Å². The topological polar surface area (TPSA) is 26.3 Å². The summed E-state index contributed by atoms with van der Waals surface area (Å²) in [4.78, 5) is 11.3. The number of ketones is 1. The molecule has 0 bridgehead atoms. The second kappa shape index (κ2) is 7.33. The van der Waals surface area contributed by atoms with Crippen molar-refractivity contribution in [3.05, 3.63) is 29.3 Å². The number of rotatable bonds is 7. The SMILES string of the molecule is COc1ccc(C)c(CCCC(=O)CCCl)c1. The fraction of sp³-hybridized carbons (Fsp3) is 0.500. The Morgan fingerprint density at radius 2 is 2.12 bits per heavy atom. The van der Waals surface area contributed by atoms with Gasteiger partial charge in [0.2, 0.25) is 0 Å². The van der Waals surface area contributed by atoms with Crippen LogP contribution in [0.3, 0.4) is 0 Å². The molecular formula is C14H19ClO2. The van der Waals surface area contributed by atoms with Crippen LogP contribution in [-0.2, 0) is 11.2 Å². The van der Waals surface area contributed by atoms with Gasteiger partial charge in [-0.25, -0.2) is 0 Å². The van der Waals surface area contributed by atoms with Gasteiger partial charge >= 0.3 is 0 Å². The molecule has 0 aromatic heterocycles. The number of hydrogen-bond donors (Lipinski definition) is 0. The predicted molar refractivity (Wildman–Crippen MR) is 71.0 cm³/mol. The number of hydrogen-bond acceptors (Lipinski definition) is 2. The molecule has 0 aliphatic rings. The highest BCUT2D eigenvalue weighted by molar-refractivity contribution is 6.19. The Morgan fingerprint density at radius 3 is 2.76 bits per heavy atom. The van der Waals surface area contributed by atoms with Crippen LogP contribution in [0.15, 0.2) is 18.2 Å². The molecule has 17 heavy (non-hydrogen) atoms. The van der Waals surface area contributed by atoms with Gasteiger partial charge in [-0.2, -0.15) is 0 Å².